The van der Waals surface area contributed by atoms with E-state index in [1.165, 1.54) is 24.5 Å². The highest BCUT2D eigenvalue weighted by Gasteiger charge is 2.20. The van der Waals surface area contributed by atoms with Gasteiger partial charge in [0.05, 0.1) is 12.7 Å². The number of thiophene rings is 1. The van der Waals surface area contributed by atoms with Crippen LogP contribution in [-0.2, 0) is 9.53 Å². The predicted octanol–water partition coefficient (Wildman–Crippen LogP) is 4.57. The first-order valence-electron chi connectivity index (χ1n) is 6.85. The average molecular weight is 394 g/mol. The van der Waals surface area contributed by atoms with Crippen LogP contribution >= 0.6 is 27.3 Å². The SMILES string of the molecule is COC(=O)c1c(NC(=O)C=Cc2ccc(Br)cc2)sc(C)c1C. The Bertz CT molecular complexity index is 763. The molecule has 2 rings (SSSR count). The molecular formula is C17H16BrNO3S. The van der Waals surface area contributed by atoms with Gasteiger partial charge in [-0.25, -0.2) is 4.79 Å². The van der Waals surface area contributed by atoms with Crippen LogP contribution in [0.3, 0.4) is 0 Å². The number of carbonyl (C=O) groups is 2. The zero-order valence-corrected chi connectivity index (χ0v) is 15.4. The highest BCUT2D eigenvalue weighted by molar-refractivity contribution is 9.10. The van der Waals surface area contributed by atoms with Crippen LogP contribution in [-0.4, -0.2) is 19.0 Å². The summed E-state index contributed by atoms with van der Waals surface area (Å²) in [5.74, 6) is -0.738. The fraction of sp³-hybridized carbons (Fsp3) is 0.176. The van der Waals surface area contributed by atoms with Crippen molar-refractivity contribution in [2.45, 2.75) is 13.8 Å². The number of anilines is 1. The number of esters is 1. The summed E-state index contributed by atoms with van der Waals surface area (Å²) in [6.45, 7) is 3.74. The van der Waals surface area contributed by atoms with E-state index < -0.39 is 5.97 Å². The topological polar surface area (TPSA) is 55.4 Å². The van der Waals surface area contributed by atoms with Crippen molar-refractivity contribution in [2.75, 3.05) is 12.4 Å². The molecule has 1 aromatic heterocycles. The molecular weight excluding hydrogens is 378 g/mol. The molecule has 0 radical (unpaired) electrons. The molecule has 0 atom stereocenters. The van der Waals surface area contributed by atoms with Gasteiger partial charge in [0.2, 0.25) is 5.91 Å². The molecule has 120 valence electrons. The number of nitrogens with one attached hydrogen (secondary N) is 1. The fourth-order valence-corrected chi connectivity index (χ4v) is 3.28. The molecule has 0 fully saturated rings. The summed E-state index contributed by atoms with van der Waals surface area (Å²) in [5.41, 5.74) is 2.16. The largest absolute Gasteiger partial charge is 0.465 e. The van der Waals surface area contributed by atoms with Gasteiger partial charge in [0.25, 0.3) is 0 Å². The first kappa shape index (κ1) is 17.4. The Morgan fingerprint density at radius 1 is 1.22 bits per heavy atom. The van der Waals surface area contributed by atoms with E-state index in [1.807, 2.05) is 38.1 Å². The number of hydrogen-bond acceptors (Lipinski definition) is 4. The lowest BCUT2D eigenvalue weighted by molar-refractivity contribution is -0.111. The van der Waals surface area contributed by atoms with Crippen molar-refractivity contribution in [3.8, 4) is 0 Å². The lowest BCUT2D eigenvalue weighted by Crippen LogP contribution is -2.11. The summed E-state index contributed by atoms with van der Waals surface area (Å²) in [5, 5.41) is 3.26. The maximum Gasteiger partial charge on any atom is 0.341 e. The summed E-state index contributed by atoms with van der Waals surface area (Å²) in [6, 6.07) is 7.60. The molecule has 0 aliphatic carbocycles. The highest BCUT2D eigenvalue weighted by Crippen LogP contribution is 2.32. The van der Waals surface area contributed by atoms with Gasteiger partial charge in [0, 0.05) is 15.4 Å². The number of amides is 1. The molecule has 1 heterocycles. The first-order chi connectivity index (χ1) is 10.9. The van der Waals surface area contributed by atoms with E-state index in [0.717, 1.165) is 20.5 Å². The highest BCUT2D eigenvalue weighted by atomic mass is 79.9. The molecule has 1 aromatic carbocycles. The molecule has 2 aromatic rings. The van der Waals surface area contributed by atoms with E-state index in [4.69, 9.17) is 4.74 Å². The van der Waals surface area contributed by atoms with Crippen LogP contribution in [0.25, 0.3) is 6.08 Å². The number of hydrogen-bond donors (Lipinski definition) is 1. The van der Waals surface area contributed by atoms with E-state index in [2.05, 4.69) is 21.2 Å². The third kappa shape index (κ3) is 4.30. The lowest BCUT2D eigenvalue weighted by atomic mass is 10.1. The number of halogens is 1. The molecule has 0 unspecified atom stereocenters. The van der Waals surface area contributed by atoms with Crippen molar-refractivity contribution in [3.05, 3.63) is 56.4 Å². The summed E-state index contributed by atoms with van der Waals surface area (Å²) in [4.78, 5) is 24.9. The number of aryl methyl sites for hydroxylation is 1. The zero-order valence-electron chi connectivity index (χ0n) is 13.0. The van der Waals surface area contributed by atoms with Gasteiger partial charge < -0.3 is 10.1 Å². The van der Waals surface area contributed by atoms with Crippen LogP contribution in [0.2, 0.25) is 0 Å². The Hall–Kier alpha value is -1.92. The van der Waals surface area contributed by atoms with Crippen LogP contribution < -0.4 is 5.32 Å². The maximum absolute atomic E-state index is 12.1. The second-order valence-corrected chi connectivity index (χ2v) is 6.99. The molecule has 0 spiro atoms. The lowest BCUT2D eigenvalue weighted by Gasteiger charge is -2.04. The van der Waals surface area contributed by atoms with Crippen molar-refractivity contribution in [1.29, 1.82) is 0 Å². The van der Waals surface area contributed by atoms with E-state index >= 15 is 0 Å². The van der Waals surface area contributed by atoms with E-state index in [1.54, 1.807) is 6.08 Å². The zero-order chi connectivity index (χ0) is 17.0. The summed E-state index contributed by atoms with van der Waals surface area (Å²) < 4.78 is 5.77. The van der Waals surface area contributed by atoms with Crippen LogP contribution in [0, 0.1) is 13.8 Å². The summed E-state index contributed by atoms with van der Waals surface area (Å²) in [6.07, 6.45) is 3.15. The molecule has 1 amide bonds. The van der Waals surface area contributed by atoms with Crippen LogP contribution in [0.15, 0.2) is 34.8 Å². The van der Waals surface area contributed by atoms with Gasteiger partial charge in [-0.2, -0.15) is 0 Å². The van der Waals surface area contributed by atoms with Gasteiger partial charge in [-0.1, -0.05) is 28.1 Å². The maximum atomic E-state index is 12.1. The average Bonchev–Trinajstić information content (AvgIpc) is 2.80. The van der Waals surface area contributed by atoms with E-state index in [0.29, 0.717) is 10.6 Å². The minimum Gasteiger partial charge on any atom is -0.465 e. The molecule has 0 saturated carbocycles. The molecule has 0 aliphatic heterocycles. The molecule has 0 bridgehead atoms. The Morgan fingerprint density at radius 2 is 1.87 bits per heavy atom. The van der Waals surface area contributed by atoms with Gasteiger partial charge in [-0.15, -0.1) is 11.3 Å². The molecule has 1 N–H and O–H groups in total. The number of benzene rings is 1. The van der Waals surface area contributed by atoms with E-state index in [9.17, 15) is 9.59 Å². The summed E-state index contributed by atoms with van der Waals surface area (Å²) >= 11 is 4.73. The Balaban J connectivity index is 2.16. The second-order valence-electron chi connectivity index (χ2n) is 4.85. The molecule has 4 nitrogen and oxygen atoms in total. The second kappa shape index (κ2) is 7.57. The van der Waals surface area contributed by atoms with Crippen molar-refractivity contribution in [2.24, 2.45) is 0 Å². The van der Waals surface area contributed by atoms with Gasteiger partial charge in [0.15, 0.2) is 0 Å². The van der Waals surface area contributed by atoms with Crippen molar-refractivity contribution in [3.63, 3.8) is 0 Å². The van der Waals surface area contributed by atoms with Crippen LogP contribution in [0.1, 0.15) is 26.4 Å². The smallest absolute Gasteiger partial charge is 0.341 e. The van der Waals surface area contributed by atoms with Gasteiger partial charge in [0.1, 0.15) is 5.00 Å². The Labute approximate surface area is 147 Å². The predicted molar refractivity (Wildman–Crippen MR) is 96.9 cm³/mol. The van der Waals surface area contributed by atoms with Crippen LogP contribution in [0.5, 0.6) is 0 Å². The minimum atomic E-state index is -0.445. The third-order valence-corrected chi connectivity index (χ3v) is 4.96. The normalized spacial score (nSPS) is 10.8. The first-order valence-corrected chi connectivity index (χ1v) is 8.46. The van der Waals surface area contributed by atoms with Crippen molar-refractivity contribution >= 4 is 50.2 Å². The van der Waals surface area contributed by atoms with Gasteiger partial charge in [-0.3, -0.25) is 4.79 Å². The monoisotopic (exact) mass is 393 g/mol. The number of ether oxygens (including phenoxy) is 1. The van der Waals surface area contributed by atoms with E-state index in [-0.39, 0.29) is 5.91 Å². The van der Waals surface area contributed by atoms with Crippen molar-refractivity contribution < 1.29 is 14.3 Å². The third-order valence-electron chi connectivity index (χ3n) is 3.31. The fourth-order valence-electron chi connectivity index (χ4n) is 1.96. The number of carbonyl (C=O) groups excluding carboxylic acids is 2. The van der Waals surface area contributed by atoms with Crippen LogP contribution in [0.4, 0.5) is 5.00 Å². The standard InChI is InChI=1S/C17H16BrNO3S/c1-10-11(2)23-16(15(10)17(21)22-3)19-14(20)9-6-12-4-7-13(18)8-5-12/h4-9H,1-3H3,(H,19,20). The summed E-state index contributed by atoms with van der Waals surface area (Å²) in [7, 11) is 1.33. The molecule has 23 heavy (non-hydrogen) atoms. The minimum absolute atomic E-state index is 0.292. The van der Waals surface area contributed by atoms with Gasteiger partial charge >= 0.3 is 5.97 Å². The Kier molecular flexibility index (Phi) is 5.74. The molecule has 6 heteroatoms. The molecule has 0 saturated heterocycles. The van der Waals surface area contributed by atoms with Gasteiger partial charge in [-0.05, 0) is 43.2 Å². The van der Waals surface area contributed by atoms with Crippen molar-refractivity contribution in [1.82, 2.24) is 0 Å². The Morgan fingerprint density at radius 3 is 2.48 bits per heavy atom. The number of methoxy groups -OCH3 is 1. The quantitative estimate of drug-likeness (QED) is 0.611. The number of rotatable bonds is 4. The molecule has 0 aliphatic rings.